The van der Waals surface area contributed by atoms with Gasteiger partial charge in [-0.1, -0.05) is 0 Å². The number of ether oxygens (including phenoxy) is 1. The molecule has 0 saturated carbocycles. The van der Waals surface area contributed by atoms with E-state index in [2.05, 4.69) is 10.3 Å². The van der Waals surface area contributed by atoms with Gasteiger partial charge in [0.1, 0.15) is 11.6 Å². The minimum absolute atomic E-state index is 0.181. The van der Waals surface area contributed by atoms with Gasteiger partial charge in [0.05, 0.1) is 18.0 Å². The van der Waals surface area contributed by atoms with Gasteiger partial charge in [0.2, 0.25) is 5.88 Å². The van der Waals surface area contributed by atoms with E-state index in [0.717, 1.165) is 0 Å². The lowest BCUT2D eigenvalue weighted by molar-refractivity contribution is 0.329. The molecule has 3 N–H and O–H groups in total. The van der Waals surface area contributed by atoms with Crippen LogP contribution in [0.15, 0.2) is 24.3 Å². The summed E-state index contributed by atoms with van der Waals surface area (Å²) in [6, 6.07) is 4.15. The molecule has 1 heterocycles. The maximum atomic E-state index is 13.5. The fraction of sp³-hybridized carbons (Fsp3) is 0.154. The number of aromatic nitrogens is 1. The number of halogens is 3. The van der Waals surface area contributed by atoms with Crippen LogP contribution in [0.2, 0.25) is 0 Å². The second kappa shape index (κ2) is 5.68. The van der Waals surface area contributed by atoms with Gasteiger partial charge in [-0.3, -0.25) is 0 Å². The van der Waals surface area contributed by atoms with Crippen molar-refractivity contribution in [3.63, 3.8) is 0 Å². The van der Waals surface area contributed by atoms with E-state index in [0.29, 0.717) is 24.4 Å². The Morgan fingerprint density at radius 3 is 2.55 bits per heavy atom. The van der Waals surface area contributed by atoms with Crippen LogP contribution in [0.1, 0.15) is 6.92 Å². The van der Waals surface area contributed by atoms with Crippen LogP contribution in [-0.2, 0) is 0 Å². The Hall–Kier alpha value is -2.44. The van der Waals surface area contributed by atoms with Crippen LogP contribution >= 0.6 is 0 Å². The van der Waals surface area contributed by atoms with E-state index in [1.54, 1.807) is 6.92 Å². The largest absolute Gasteiger partial charge is 0.476 e. The molecule has 0 bridgehead atoms. The third-order valence-corrected chi connectivity index (χ3v) is 2.44. The molecule has 7 heteroatoms. The maximum Gasteiger partial charge on any atom is 0.239 e. The summed E-state index contributed by atoms with van der Waals surface area (Å²) in [6.45, 7) is 2.12. The normalized spacial score (nSPS) is 10.4. The Bertz CT molecular complexity index is 634. The van der Waals surface area contributed by atoms with E-state index in [9.17, 15) is 13.2 Å². The molecule has 0 aliphatic heterocycles. The molecule has 0 spiro atoms. The maximum absolute atomic E-state index is 13.5. The predicted octanol–water partition coefficient (Wildman–Crippen LogP) is 3.22. The smallest absolute Gasteiger partial charge is 0.239 e. The predicted molar refractivity (Wildman–Crippen MR) is 69.4 cm³/mol. The first-order valence-corrected chi connectivity index (χ1v) is 5.82. The van der Waals surface area contributed by atoms with Gasteiger partial charge in [-0.2, -0.15) is 4.98 Å². The number of hydrogen-bond donors (Lipinski definition) is 2. The van der Waals surface area contributed by atoms with Gasteiger partial charge >= 0.3 is 0 Å². The van der Waals surface area contributed by atoms with Crippen molar-refractivity contribution < 1.29 is 17.9 Å². The van der Waals surface area contributed by atoms with Crippen LogP contribution < -0.4 is 15.8 Å². The Balaban J connectivity index is 2.30. The summed E-state index contributed by atoms with van der Waals surface area (Å²) in [5, 5.41) is 2.54. The number of nitrogen functional groups attached to an aromatic ring is 1. The van der Waals surface area contributed by atoms with Crippen molar-refractivity contribution >= 4 is 17.2 Å². The monoisotopic (exact) mass is 283 g/mol. The number of anilines is 3. The molecule has 0 unspecified atom stereocenters. The van der Waals surface area contributed by atoms with E-state index >= 15 is 0 Å². The van der Waals surface area contributed by atoms with Gasteiger partial charge in [-0.15, -0.1) is 0 Å². The Labute approximate surface area is 113 Å². The Morgan fingerprint density at radius 2 is 1.85 bits per heavy atom. The molecule has 2 aromatic rings. The molecule has 0 amide bonds. The molecule has 4 nitrogen and oxygen atoms in total. The number of rotatable bonds is 4. The molecule has 0 fully saturated rings. The van der Waals surface area contributed by atoms with E-state index in [1.165, 1.54) is 12.1 Å². The van der Waals surface area contributed by atoms with Crippen LogP contribution in [0, 0.1) is 17.5 Å². The molecule has 0 aliphatic carbocycles. The lowest BCUT2D eigenvalue weighted by atomic mass is 10.2. The minimum Gasteiger partial charge on any atom is -0.476 e. The van der Waals surface area contributed by atoms with Crippen molar-refractivity contribution in [1.82, 2.24) is 4.98 Å². The molecule has 0 radical (unpaired) electrons. The highest BCUT2D eigenvalue weighted by atomic mass is 19.2. The van der Waals surface area contributed by atoms with Crippen molar-refractivity contribution in [3.05, 3.63) is 41.7 Å². The topological polar surface area (TPSA) is 60.2 Å². The van der Waals surface area contributed by atoms with Crippen molar-refractivity contribution in [3.8, 4) is 5.88 Å². The number of nitrogens with two attached hydrogens (primary N) is 1. The molecule has 0 atom stereocenters. The second-order valence-electron chi connectivity index (χ2n) is 3.90. The van der Waals surface area contributed by atoms with Gasteiger partial charge in [-0.05, 0) is 19.1 Å². The molecule has 0 aliphatic rings. The molecule has 106 valence electrons. The fourth-order valence-corrected chi connectivity index (χ4v) is 1.53. The van der Waals surface area contributed by atoms with E-state index < -0.39 is 17.5 Å². The van der Waals surface area contributed by atoms with E-state index in [-0.39, 0.29) is 17.4 Å². The molecule has 1 aromatic carbocycles. The summed E-state index contributed by atoms with van der Waals surface area (Å²) in [7, 11) is 0. The first-order valence-electron chi connectivity index (χ1n) is 5.82. The Kier molecular flexibility index (Phi) is 3.97. The van der Waals surface area contributed by atoms with Crippen LogP contribution in [0.25, 0.3) is 0 Å². The van der Waals surface area contributed by atoms with Gasteiger partial charge in [0, 0.05) is 12.1 Å². The average Bonchev–Trinajstić information content (AvgIpc) is 2.40. The van der Waals surface area contributed by atoms with Crippen molar-refractivity contribution in [1.29, 1.82) is 0 Å². The average molecular weight is 283 g/mol. The third kappa shape index (κ3) is 2.93. The number of benzene rings is 1. The third-order valence-electron chi connectivity index (χ3n) is 2.44. The lowest BCUT2D eigenvalue weighted by Crippen LogP contribution is -2.03. The molecule has 1 aromatic heterocycles. The first kappa shape index (κ1) is 14.0. The highest BCUT2D eigenvalue weighted by Crippen LogP contribution is 2.25. The molecular weight excluding hydrogens is 271 g/mol. The number of pyridine rings is 1. The van der Waals surface area contributed by atoms with Gasteiger partial charge < -0.3 is 15.8 Å². The summed E-state index contributed by atoms with van der Waals surface area (Å²) < 4.78 is 44.6. The van der Waals surface area contributed by atoms with E-state index in [1.807, 2.05) is 0 Å². The standard InChI is InChI=1S/C13H12F3N3O/c1-2-20-13-10(17)3-4-12(19-13)18-11-6-8(15)7(14)5-9(11)16/h3-6H,2,17H2,1H3,(H,18,19). The summed E-state index contributed by atoms with van der Waals surface area (Å²) in [5.74, 6) is -2.96. The molecule has 0 saturated heterocycles. The van der Waals surface area contributed by atoms with Gasteiger partial charge in [0.25, 0.3) is 0 Å². The van der Waals surface area contributed by atoms with Crippen molar-refractivity contribution in [2.24, 2.45) is 0 Å². The second-order valence-corrected chi connectivity index (χ2v) is 3.90. The van der Waals surface area contributed by atoms with Crippen LogP contribution in [0.3, 0.4) is 0 Å². The van der Waals surface area contributed by atoms with E-state index in [4.69, 9.17) is 10.5 Å². The Morgan fingerprint density at radius 1 is 1.15 bits per heavy atom. The molecular formula is C13H12F3N3O. The van der Waals surface area contributed by atoms with Crippen molar-refractivity contribution in [2.45, 2.75) is 6.92 Å². The van der Waals surface area contributed by atoms with Crippen LogP contribution in [0.5, 0.6) is 5.88 Å². The van der Waals surface area contributed by atoms with Crippen molar-refractivity contribution in [2.75, 3.05) is 17.7 Å². The summed E-state index contributed by atoms with van der Waals surface area (Å²) in [4.78, 5) is 4.01. The first-order chi connectivity index (χ1) is 9.51. The minimum atomic E-state index is -1.26. The fourth-order valence-electron chi connectivity index (χ4n) is 1.53. The molecule has 2 rings (SSSR count). The number of nitrogens with zero attached hydrogens (tertiary/aromatic N) is 1. The summed E-state index contributed by atoms with van der Waals surface area (Å²) >= 11 is 0. The summed E-state index contributed by atoms with van der Waals surface area (Å²) in [5.41, 5.74) is 5.73. The zero-order valence-corrected chi connectivity index (χ0v) is 10.6. The number of hydrogen-bond acceptors (Lipinski definition) is 4. The highest BCUT2D eigenvalue weighted by Gasteiger charge is 2.11. The molecule has 20 heavy (non-hydrogen) atoms. The zero-order valence-electron chi connectivity index (χ0n) is 10.6. The highest BCUT2D eigenvalue weighted by molar-refractivity contribution is 5.61. The SMILES string of the molecule is CCOc1nc(Nc2cc(F)c(F)cc2F)ccc1N. The summed E-state index contributed by atoms with van der Waals surface area (Å²) in [6.07, 6.45) is 0. The zero-order chi connectivity index (χ0) is 14.7. The van der Waals surface area contributed by atoms with Gasteiger partial charge in [0.15, 0.2) is 11.6 Å². The van der Waals surface area contributed by atoms with Gasteiger partial charge in [-0.25, -0.2) is 13.2 Å². The number of nitrogens with one attached hydrogen (secondary N) is 1. The van der Waals surface area contributed by atoms with Crippen LogP contribution in [-0.4, -0.2) is 11.6 Å². The lowest BCUT2D eigenvalue weighted by Gasteiger charge is -2.10. The van der Waals surface area contributed by atoms with Crippen LogP contribution in [0.4, 0.5) is 30.4 Å². The quantitative estimate of drug-likeness (QED) is 0.846.